The van der Waals surface area contributed by atoms with E-state index in [0.29, 0.717) is 0 Å². The molecular formula is C22H26N4S2. The number of nitrogens with zero attached hydrogens (tertiary/aromatic N) is 2. The van der Waals surface area contributed by atoms with E-state index in [2.05, 4.69) is 87.9 Å². The molecule has 0 saturated heterocycles. The fraction of sp³-hybridized carbons (Fsp3) is 0.364. The van der Waals surface area contributed by atoms with Gasteiger partial charge in [-0.15, -0.1) is 0 Å². The van der Waals surface area contributed by atoms with Crippen molar-refractivity contribution in [1.82, 2.24) is 19.9 Å². The Morgan fingerprint density at radius 3 is 1.39 bits per heavy atom. The van der Waals surface area contributed by atoms with E-state index in [1.165, 1.54) is 11.1 Å². The Kier molecular flexibility index (Phi) is 4.74. The molecule has 0 aliphatic carbocycles. The fourth-order valence-electron chi connectivity index (χ4n) is 3.06. The smallest absolute Gasteiger partial charge is 0.177 e. The number of H-pyrrole nitrogens is 2. The van der Waals surface area contributed by atoms with Crippen molar-refractivity contribution in [1.29, 1.82) is 0 Å². The van der Waals surface area contributed by atoms with Crippen LogP contribution in [0.3, 0.4) is 0 Å². The van der Waals surface area contributed by atoms with Gasteiger partial charge in [0.2, 0.25) is 0 Å². The van der Waals surface area contributed by atoms with Crippen LogP contribution in [0, 0.1) is 0 Å². The Balaban J connectivity index is 1.54. The van der Waals surface area contributed by atoms with Crippen LogP contribution in [-0.4, -0.2) is 19.9 Å². The molecule has 28 heavy (non-hydrogen) atoms. The summed E-state index contributed by atoms with van der Waals surface area (Å²) in [6, 6.07) is 12.9. The zero-order chi connectivity index (χ0) is 20.1. The maximum atomic E-state index is 4.70. The molecule has 0 spiro atoms. The van der Waals surface area contributed by atoms with Gasteiger partial charge in [-0.2, -0.15) is 0 Å². The van der Waals surface area contributed by atoms with E-state index in [0.717, 1.165) is 32.4 Å². The molecule has 4 nitrogen and oxygen atoms in total. The van der Waals surface area contributed by atoms with E-state index in [1.807, 2.05) is 0 Å². The van der Waals surface area contributed by atoms with Crippen LogP contribution in [-0.2, 0) is 10.8 Å². The van der Waals surface area contributed by atoms with Crippen LogP contribution in [0.5, 0.6) is 0 Å². The number of rotatable bonds is 3. The lowest BCUT2D eigenvalue weighted by Gasteiger charge is -2.18. The lowest BCUT2D eigenvalue weighted by Crippen LogP contribution is -2.10. The number of benzene rings is 2. The maximum Gasteiger partial charge on any atom is 0.177 e. The minimum absolute atomic E-state index is 0.127. The number of aromatic amines is 2. The van der Waals surface area contributed by atoms with Crippen molar-refractivity contribution in [2.75, 3.05) is 0 Å². The summed E-state index contributed by atoms with van der Waals surface area (Å²) in [5.74, 6) is 0. The summed E-state index contributed by atoms with van der Waals surface area (Å²) in [5, 5.41) is 1.78. The SMILES string of the molecule is CC(C)(C)c1ccc2nc(SSc3nc4ccc(C(C)(C)C)cc4[nH]3)[nH]c2c1. The average Bonchev–Trinajstić information content (AvgIpc) is 3.19. The van der Waals surface area contributed by atoms with Crippen LogP contribution in [0.2, 0.25) is 0 Å². The van der Waals surface area contributed by atoms with Crippen LogP contribution < -0.4 is 0 Å². The lowest BCUT2D eigenvalue weighted by molar-refractivity contribution is 0.590. The largest absolute Gasteiger partial charge is 0.332 e. The van der Waals surface area contributed by atoms with Crippen LogP contribution >= 0.6 is 21.6 Å². The van der Waals surface area contributed by atoms with Gasteiger partial charge in [-0.25, -0.2) is 9.97 Å². The highest BCUT2D eigenvalue weighted by Gasteiger charge is 2.17. The summed E-state index contributed by atoms with van der Waals surface area (Å²) < 4.78 is 0. The monoisotopic (exact) mass is 410 g/mol. The molecule has 146 valence electrons. The van der Waals surface area contributed by atoms with Crippen molar-refractivity contribution in [3.05, 3.63) is 47.5 Å². The van der Waals surface area contributed by atoms with Gasteiger partial charge in [0, 0.05) is 0 Å². The summed E-state index contributed by atoms with van der Waals surface area (Å²) in [6.45, 7) is 13.3. The van der Waals surface area contributed by atoms with E-state index < -0.39 is 0 Å². The molecule has 2 N–H and O–H groups in total. The van der Waals surface area contributed by atoms with E-state index in [-0.39, 0.29) is 10.8 Å². The summed E-state index contributed by atoms with van der Waals surface area (Å²) >= 11 is 0. The minimum atomic E-state index is 0.127. The van der Waals surface area contributed by atoms with Crippen molar-refractivity contribution in [2.45, 2.75) is 62.7 Å². The van der Waals surface area contributed by atoms with Crippen molar-refractivity contribution in [3.8, 4) is 0 Å². The van der Waals surface area contributed by atoms with Crippen LogP contribution in [0.4, 0.5) is 0 Å². The van der Waals surface area contributed by atoms with Crippen molar-refractivity contribution in [3.63, 3.8) is 0 Å². The Hall–Kier alpha value is -1.92. The second kappa shape index (κ2) is 6.85. The lowest BCUT2D eigenvalue weighted by atomic mass is 9.87. The number of hydrogen-bond acceptors (Lipinski definition) is 4. The average molecular weight is 411 g/mol. The molecule has 0 atom stereocenters. The summed E-state index contributed by atoms with van der Waals surface area (Å²) in [4.78, 5) is 16.3. The fourth-order valence-corrected chi connectivity index (χ4v) is 4.74. The molecule has 0 aliphatic rings. The quantitative estimate of drug-likeness (QED) is 0.363. The molecule has 0 radical (unpaired) electrons. The van der Waals surface area contributed by atoms with Crippen molar-refractivity contribution < 1.29 is 0 Å². The third-order valence-corrected chi connectivity index (χ3v) is 6.83. The first kappa shape index (κ1) is 19.4. The van der Waals surface area contributed by atoms with Crippen LogP contribution in [0.25, 0.3) is 22.1 Å². The van der Waals surface area contributed by atoms with Gasteiger partial charge in [0.15, 0.2) is 10.3 Å². The van der Waals surface area contributed by atoms with Gasteiger partial charge in [-0.1, -0.05) is 53.7 Å². The third-order valence-electron chi connectivity index (χ3n) is 4.85. The summed E-state index contributed by atoms with van der Waals surface area (Å²) in [6.07, 6.45) is 0. The highest BCUT2D eigenvalue weighted by molar-refractivity contribution is 8.76. The molecule has 2 aromatic carbocycles. The van der Waals surface area contributed by atoms with E-state index in [1.54, 1.807) is 21.6 Å². The molecule has 0 amide bonds. The Morgan fingerprint density at radius 1 is 0.643 bits per heavy atom. The van der Waals surface area contributed by atoms with Gasteiger partial charge in [0.1, 0.15) is 0 Å². The predicted octanol–water partition coefficient (Wildman–Crippen LogP) is 6.83. The second-order valence-electron chi connectivity index (χ2n) is 9.21. The molecule has 0 fully saturated rings. The van der Waals surface area contributed by atoms with Gasteiger partial charge in [0.25, 0.3) is 0 Å². The molecule has 2 aromatic heterocycles. The summed E-state index contributed by atoms with van der Waals surface area (Å²) in [7, 11) is 3.19. The highest BCUT2D eigenvalue weighted by Crippen LogP contribution is 2.37. The number of nitrogens with one attached hydrogen (secondary N) is 2. The second-order valence-corrected chi connectivity index (χ2v) is 11.3. The van der Waals surface area contributed by atoms with Gasteiger partial charge in [0.05, 0.1) is 22.1 Å². The van der Waals surface area contributed by atoms with E-state index >= 15 is 0 Å². The molecule has 2 heterocycles. The van der Waals surface area contributed by atoms with Gasteiger partial charge in [-0.05, 0) is 67.8 Å². The molecule has 4 aromatic rings. The summed E-state index contributed by atoms with van der Waals surface area (Å²) in [5.41, 5.74) is 7.01. The number of aromatic nitrogens is 4. The molecule has 4 rings (SSSR count). The number of fused-ring (bicyclic) bond motifs is 2. The Morgan fingerprint density at radius 2 is 1.04 bits per heavy atom. The molecule has 0 unspecified atom stereocenters. The van der Waals surface area contributed by atoms with E-state index in [9.17, 15) is 0 Å². The molecule has 6 heteroatoms. The molecule has 0 saturated carbocycles. The number of hydrogen-bond donors (Lipinski definition) is 2. The predicted molar refractivity (Wildman–Crippen MR) is 121 cm³/mol. The van der Waals surface area contributed by atoms with Crippen LogP contribution in [0.1, 0.15) is 52.7 Å². The molecular weight excluding hydrogens is 384 g/mol. The van der Waals surface area contributed by atoms with Crippen molar-refractivity contribution >= 4 is 43.7 Å². The number of imidazole rings is 2. The Bertz CT molecular complexity index is 1050. The highest BCUT2D eigenvalue weighted by atomic mass is 33.1. The van der Waals surface area contributed by atoms with Gasteiger partial charge >= 0.3 is 0 Å². The first-order valence-electron chi connectivity index (χ1n) is 9.45. The molecule has 0 aliphatic heterocycles. The van der Waals surface area contributed by atoms with Crippen molar-refractivity contribution in [2.24, 2.45) is 0 Å². The minimum Gasteiger partial charge on any atom is -0.332 e. The zero-order valence-electron chi connectivity index (χ0n) is 17.2. The first-order valence-corrected chi connectivity index (χ1v) is 11.6. The maximum absolute atomic E-state index is 4.70. The van der Waals surface area contributed by atoms with Gasteiger partial charge < -0.3 is 9.97 Å². The third kappa shape index (κ3) is 3.94. The standard InChI is InChI=1S/C22H26N4S2/c1-21(2,3)13-7-9-15-17(11-13)25-19(23-15)27-28-20-24-16-10-8-14(22(4,5)6)12-18(16)26-20/h7-12H,1-6H3,(H,23,25)(H,24,26). The normalized spacial score (nSPS) is 12.9. The molecule has 0 bridgehead atoms. The van der Waals surface area contributed by atoms with Gasteiger partial charge in [-0.3, -0.25) is 0 Å². The first-order chi connectivity index (χ1) is 13.1. The van der Waals surface area contributed by atoms with Crippen LogP contribution in [0.15, 0.2) is 46.7 Å². The van der Waals surface area contributed by atoms with E-state index in [4.69, 9.17) is 9.97 Å². The topological polar surface area (TPSA) is 57.4 Å². The zero-order valence-corrected chi connectivity index (χ0v) is 18.8. The Labute approximate surface area is 173 Å².